The number of nitro groups is 1. The van der Waals surface area contributed by atoms with E-state index >= 15 is 0 Å². The van der Waals surface area contributed by atoms with Gasteiger partial charge in [0.2, 0.25) is 0 Å². The SMILES string of the molecule is COc1ccc2c(C)nn(-c3ccc([N+](=O)[O-])cc3)c2c1. The van der Waals surface area contributed by atoms with Gasteiger partial charge < -0.3 is 4.74 Å². The van der Waals surface area contributed by atoms with Crippen LogP contribution in [0.5, 0.6) is 5.75 Å². The zero-order valence-electron chi connectivity index (χ0n) is 11.6. The molecule has 3 aromatic rings. The van der Waals surface area contributed by atoms with Crippen LogP contribution in [0, 0.1) is 17.0 Å². The molecule has 3 rings (SSSR count). The smallest absolute Gasteiger partial charge is 0.269 e. The fourth-order valence-corrected chi connectivity index (χ4v) is 2.29. The number of hydrogen-bond acceptors (Lipinski definition) is 4. The van der Waals surface area contributed by atoms with E-state index in [9.17, 15) is 10.1 Å². The lowest BCUT2D eigenvalue weighted by atomic mass is 10.2. The van der Waals surface area contributed by atoms with Gasteiger partial charge in [0, 0.05) is 23.6 Å². The summed E-state index contributed by atoms with van der Waals surface area (Å²) in [4.78, 5) is 10.3. The van der Waals surface area contributed by atoms with Crippen LogP contribution in [0.25, 0.3) is 16.6 Å². The number of ether oxygens (including phenoxy) is 1. The molecular weight excluding hydrogens is 270 g/mol. The molecule has 106 valence electrons. The lowest BCUT2D eigenvalue weighted by molar-refractivity contribution is -0.384. The number of methoxy groups -OCH3 is 1. The topological polar surface area (TPSA) is 70.2 Å². The first-order chi connectivity index (χ1) is 10.1. The van der Waals surface area contributed by atoms with Crippen molar-refractivity contribution in [3.63, 3.8) is 0 Å². The molecule has 0 radical (unpaired) electrons. The average molecular weight is 283 g/mol. The van der Waals surface area contributed by atoms with Crippen LogP contribution in [-0.2, 0) is 0 Å². The molecule has 0 spiro atoms. The number of nitrogens with zero attached hydrogens (tertiary/aromatic N) is 3. The Labute approximate surface area is 120 Å². The van der Waals surface area contributed by atoms with Gasteiger partial charge >= 0.3 is 0 Å². The molecular formula is C15H13N3O3. The van der Waals surface area contributed by atoms with Crippen LogP contribution < -0.4 is 4.74 Å². The van der Waals surface area contributed by atoms with Crippen molar-refractivity contribution in [1.29, 1.82) is 0 Å². The predicted octanol–water partition coefficient (Wildman–Crippen LogP) is 3.25. The summed E-state index contributed by atoms with van der Waals surface area (Å²) in [6, 6.07) is 12.1. The first-order valence-corrected chi connectivity index (χ1v) is 6.38. The Balaban J connectivity index is 2.17. The maximum Gasteiger partial charge on any atom is 0.269 e. The number of hydrogen-bond donors (Lipinski definition) is 0. The van der Waals surface area contributed by atoms with E-state index in [1.54, 1.807) is 23.9 Å². The van der Waals surface area contributed by atoms with E-state index in [2.05, 4.69) is 5.10 Å². The zero-order chi connectivity index (χ0) is 15.0. The highest BCUT2D eigenvalue weighted by Gasteiger charge is 2.11. The molecule has 0 bridgehead atoms. The minimum Gasteiger partial charge on any atom is -0.497 e. The second-order valence-corrected chi connectivity index (χ2v) is 4.65. The number of nitro benzene ring substituents is 1. The summed E-state index contributed by atoms with van der Waals surface area (Å²) in [5.74, 6) is 0.741. The maximum atomic E-state index is 10.7. The molecule has 21 heavy (non-hydrogen) atoms. The third-order valence-electron chi connectivity index (χ3n) is 3.38. The van der Waals surface area contributed by atoms with Gasteiger partial charge in [-0.2, -0.15) is 5.10 Å². The summed E-state index contributed by atoms with van der Waals surface area (Å²) in [6.45, 7) is 1.93. The lowest BCUT2D eigenvalue weighted by Crippen LogP contribution is -1.97. The molecule has 0 fully saturated rings. The van der Waals surface area contributed by atoms with E-state index in [0.29, 0.717) is 0 Å². The average Bonchev–Trinajstić information content (AvgIpc) is 2.84. The molecule has 6 heteroatoms. The minimum absolute atomic E-state index is 0.0597. The van der Waals surface area contributed by atoms with Crippen LogP contribution in [0.4, 0.5) is 5.69 Å². The number of fused-ring (bicyclic) bond motifs is 1. The van der Waals surface area contributed by atoms with Crippen LogP contribution in [0.1, 0.15) is 5.69 Å². The molecule has 0 atom stereocenters. The highest BCUT2D eigenvalue weighted by molar-refractivity contribution is 5.84. The van der Waals surface area contributed by atoms with E-state index in [1.165, 1.54) is 12.1 Å². The molecule has 0 saturated heterocycles. The summed E-state index contributed by atoms with van der Waals surface area (Å²) in [6.07, 6.45) is 0. The van der Waals surface area contributed by atoms with Crippen molar-refractivity contribution in [1.82, 2.24) is 9.78 Å². The summed E-state index contributed by atoms with van der Waals surface area (Å²) < 4.78 is 7.00. The van der Waals surface area contributed by atoms with Crippen LogP contribution in [-0.4, -0.2) is 21.8 Å². The van der Waals surface area contributed by atoms with E-state index in [-0.39, 0.29) is 5.69 Å². The Morgan fingerprint density at radius 3 is 2.52 bits per heavy atom. The molecule has 0 aliphatic rings. The van der Waals surface area contributed by atoms with Crippen molar-refractivity contribution in [3.05, 3.63) is 58.3 Å². The number of non-ortho nitro benzene ring substituents is 1. The molecule has 0 unspecified atom stereocenters. The van der Waals surface area contributed by atoms with Crippen LogP contribution in [0.15, 0.2) is 42.5 Å². The van der Waals surface area contributed by atoms with Crippen LogP contribution >= 0.6 is 0 Å². The fourth-order valence-electron chi connectivity index (χ4n) is 2.29. The van der Waals surface area contributed by atoms with E-state index in [0.717, 1.165) is 28.0 Å². The molecule has 2 aromatic carbocycles. The van der Waals surface area contributed by atoms with Gasteiger partial charge in [-0.05, 0) is 31.2 Å². The normalized spacial score (nSPS) is 10.8. The molecule has 1 heterocycles. The second kappa shape index (κ2) is 4.90. The Morgan fingerprint density at radius 1 is 1.19 bits per heavy atom. The third kappa shape index (κ3) is 2.20. The fraction of sp³-hybridized carbons (Fsp3) is 0.133. The van der Waals surface area contributed by atoms with Gasteiger partial charge in [0.25, 0.3) is 5.69 Å². The summed E-state index contributed by atoms with van der Waals surface area (Å²) >= 11 is 0. The third-order valence-corrected chi connectivity index (χ3v) is 3.38. The highest BCUT2D eigenvalue weighted by atomic mass is 16.6. The van der Waals surface area contributed by atoms with Crippen molar-refractivity contribution in [2.45, 2.75) is 6.92 Å². The highest BCUT2D eigenvalue weighted by Crippen LogP contribution is 2.26. The summed E-state index contributed by atoms with van der Waals surface area (Å²) in [7, 11) is 1.61. The Kier molecular flexibility index (Phi) is 3.06. The molecule has 6 nitrogen and oxygen atoms in total. The second-order valence-electron chi connectivity index (χ2n) is 4.65. The van der Waals surface area contributed by atoms with Crippen molar-refractivity contribution in [2.24, 2.45) is 0 Å². The van der Waals surface area contributed by atoms with Gasteiger partial charge in [-0.1, -0.05) is 0 Å². The zero-order valence-corrected chi connectivity index (χ0v) is 11.6. The predicted molar refractivity (Wildman–Crippen MR) is 79.0 cm³/mol. The van der Waals surface area contributed by atoms with E-state index in [4.69, 9.17) is 4.74 Å². The van der Waals surface area contributed by atoms with Gasteiger partial charge in [-0.25, -0.2) is 4.68 Å². The lowest BCUT2D eigenvalue weighted by Gasteiger charge is -2.04. The molecule has 0 amide bonds. The van der Waals surface area contributed by atoms with Gasteiger partial charge in [0.15, 0.2) is 0 Å². The molecule has 0 aliphatic carbocycles. The van der Waals surface area contributed by atoms with E-state index in [1.807, 2.05) is 25.1 Å². The first-order valence-electron chi connectivity index (χ1n) is 6.38. The standard InChI is InChI=1S/C15H13N3O3/c1-10-14-8-7-13(21-2)9-15(14)17(16-10)11-3-5-12(6-4-11)18(19)20/h3-9H,1-2H3. The molecule has 1 aromatic heterocycles. The van der Waals surface area contributed by atoms with Gasteiger partial charge in [-0.3, -0.25) is 10.1 Å². The summed E-state index contributed by atoms with van der Waals surface area (Å²) in [5.41, 5.74) is 2.63. The van der Waals surface area contributed by atoms with Crippen LogP contribution in [0.3, 0.4) is 0 Å². The number of rotatable bonds is 3. The summed E-state index contributed by atoms with van der Waals surface area (Å²) in [5, 5.41) is 16.2. The molecule has 0 N–H and O–H groups in total. The largest absolute Gasteiger partial charge is 0.497 e. The Bertz CT molecular complexity index is 822. The number of aromatic nitrogens is 2. The Hall–Kier alpha value is -2.89. The van der Waals surface area contributed by atoms with E-state index < -0.39 is 4.92 Å². The number of benzene rings is 2. The van der Waals surface area contributed by atoms with Crippen molar-refractivity contribution < 1.29 is 9.66 Å². The Morgan fingerprint density at radius 2 is 1.90 bits per heavy atom. The van der Waals surface area contributed by atoms with Crippen molar-refractivity contribution in [2.75, 3.05) is 7.11 Å². The first kappa shape index (κ1) is 13.1. The van der Waals surface area contributed by atoms with Gasteiger partial charge in [0.05, 0.1) is 28.9 Å². The monoisotopic (exact) mass is 283 g/mol. The molecule has 0 aliphatic heterocycles. The van der Waals surface area contributed by atoms with Crippen molar-refractivity contribution in [3.8, 4) is 11.4 Å². The minimum atomic E-state index is -0.417. The maximum absolute atomic E-state index is 10.7. The van der Waals surface area contributed by atoms with Crippen LogP contribution in [0.2, 0.25) is 0 Å². The van der Waals surface area contributed by atoms with Gasteiger partial charge in [0.1, 0.15) is 5.75 Å². The van der Waals surface area contributed by atoms with Gasteiger partial charge in [-0.15, -0.1) is 0 Å². The number of aryl methyl sites for hydroxylation is 1. The molecule has 0 saturated carbocycles. The quantitative estimate of drug-likeness (QED) is 0.546. The van der Waals surface area contributed by atoms with Crippen molar-refractivity contribution >= 4 is 16.6 Å².